The van der Waals surface area contributed by atoms with Crippen molar-refractivity contribution in [3.8, 4) is 0 Å². The molecule has 1 aliphatic rings. The number of hydrogen-bond acceptors (Lipinski definition) is 5. The molecule has 6 nitrogen and oxygen atoms in total. The number of thioether (sulfide) groups is 1. The van der Waals surface area contributed by atoms with Crippen molar-refractivity contribution in [3.05, 3.63) is 27.7 Å². The predicted molar refractivity (Wildman–Crippen MR) is 124 cm³/mol. The van der Waals surface area contributed by atoms with Crippen LogP contribution < -0.4 is 10.6 Å². The lowest BCUT2D eigenvalue weighted by atomic mass is 10.2. The second-order valence-electron chi connectivity index (χ2n) is 7.78. The van der Waals surface area contributed by atoms with Gasteiger partial charge in [-0.1, -0.05) is 24.6 Å². The Morgan fingerprint density at radius 1 is 1.34 bits per heavy atom. The first-order valence-electron chi connectivity index (χ1n) is 10.6. The normalized spacial score (nSPS) is 16.3. The summed E-state index contributed by atoms with van der Waals surface area (Å²) in [6.45, 7) is 5.23. The summed E-state index contributed by atoms with van der Waals surface area (Å²) >= 11 is 3.57. The maximum absolute atomic E-state index is 4.49. The molecule has 0 radical (unpaired) electrons. The Morgan fingerprint density at radius 3 is 2.79 bits per heavy atom. The predicted octanol–water partition coefficient (Wildman–Crippen LogP) is 4.21. The fraction of sp³-hybridized carbons (Fsp3) is 0.667. The minimum atomic E-state index is 0.342. The second kappa shape index (κ2) is 11.0. The number of nitrogens with one attached hydrogen (secondary N) is 2. The molecule has 160 valence electrons. The molecule has 1 saturated carbocycles. The van der Waals surface area contributed by atoms with E-state index in [4.69, 9.17) is 0 Å². The van der Waals surface area contributed by atoms with Crippen molar-refractivity contribution >= 4 is 29.1 Å². The quantitative estimate of drug-likeness (QED) is 0.268. The summed E-state index contributed by atoms with van der Waals surface area (Å²) in [5, 5.41) is 16.9. The van der Waals surface area contributed by atoms with E-state index < -0.39 is 0 Å². The molecule has 2 N–H and O–H groups in total. The SMILES string of the molecule is CN=C(NCCCc1nnc(SC)n1C1CCCC1)NC(C)Cc1ccc(C)s1. The van der Waals surface area contributed by atoms with Crippen LogP contribution in [0.2, 0.25) is 0 Å². The van der Waals surface area contributed by atoms with Crippen LogP contribution in [-0.2, 0) is 12.8 Å². The lowest BCUT2D eigenvalue weighted by molar-refractivity contribution is 0.460. The smallest absolute Gasteiger partial charge is 0.191 e. The van der Waals surface area contributed by atoms with E-state index in [1.807, 2.05) is 18.4 Å². The zero-order valence-electron chi connectivity index (χ0n) is 18.1. The Morgan fingerprint density at radius 2 is 2.14 bits per heavy atom. The van der Waals surface area contributed by atoms with Crippen molar-refractivity contribution in [1.29, 1.82) is 0 Å². The maximum Gasteiger partial charge on any atom is 0.191 e. The number of hydrogen-bond donors (Lipinski definition) is 2. The Balaban J connectivity index is 1.45. The van der Waals surface area contributed by atoms with Crippen LogP contribution in [-0.4, -0.2) is 46.6 Å². The van der Waals surface area contributed by atoms with Crippen LogP contribution >= 0.6 is 23.1 Å². The molecule has 29 heavy (non-hydrogen) atoms. The van der Waals surface area contributed by atoms with Gasteiger partial charge in [-0.15, -0.1) is 21.5 Å². The van der Waals surface area contributed by atoms with E-state index in [2.05, 4.69) is 62.6 Å². The molecule has 2 aromatic heterocycles. The number of guanidine groups is 1. The van der Waals surface area contributed by atoms with Crippen molar-refractivity contribution in [3.63, 3.8) is 0 Å². The standard InChI is InChI=1S/C21H34N6S2/c1-15(14-18-12-11-16(2)29-18)24-20(22-3)23-13-7-10-19-25-26-21(28-4)27(19)17-8-5-6-9-17/h11-12,15,17H,5-10,13-14H2,1-4H3,(H2,22,23,24). The summed E-state index contributed by atoms with van der Waals surface area (Å²) in [6, 6.07) is 5.34. The van der Waals surface area contributed by atoms with E-state index >= 15 is 0 Å². The molecule has 8 heteroatoms. The Bertz CT molecular complexity index is 791. The molecule has 1 aliphatic carbocycles. The van der Waals surface area contributed by atoms with E-state index in [1.165, 1.54) is 35.4 Å². The number of rotatable bonds is 9. The largest absolute Gasteiger partial charge is 0.356 e. The molecular formula is C21H34N6S2. The average molecular weight is 435 g/mol. The second-order valence-corrected chi connectivity index (χ2v) is 9.92. The van der Waals surface area contributed by atoms with Crippen LogP contribution in [0, 0.1) is 6.92 Å². The number of aromatic nitrogens is 3. The highest BCUT2D eigenvalue weighted by atomic mass is 32.2. The number of nitrogens with zero attached hydrogens (tertiary/aromatic N) is 4. The Hall–Kier alpha value is -1.54. The fourth-order valence-corrected chi connectivity index (χ4v) is 5.57. The minimum Gasteiger partial charge on any atom is -0.356 e. The average Bonchev–Trinajstić information content (AvgIpc) is 3.44. The van der Waals surface area contributed by atoms with Crippen molar-refractivity contribution < 1.29 is 0 Å². The number of aliphatic imine (C=N–C) groups is 1. The molecule has 1 atom stereocenters. The fourth-order valence-electron chi connectivity index (χ4n) is 3.98. The number of thiophene rings is 1. The molecule has 2 aromatic rings. The number of aryl methyl sites for hydroxylation is 2. The van der Waals surface area contributed by atoms with Crippen molar-refractivity contribution in [2.45, 2.75) is 76.0 Å². The highest BCUT2D eigenvalue weighted by molar-refractivity contribution is 7.98. The minimum absolute atomic E-state index is 0.342. The van der Waals surface area contributed by atoms with E-state index in [-0.39, 0.29) is 0 Å². The molecule has 2 heterocycles. The van der Waals surface area contributed by atoms with Crippen molar-refractivity contribution in [2.24, 2.45) is 4.99 Å². The lowest BCUT2D eigenvalue weighted by Crippen LogP contribution is -2.43. The van der Waals surface area contributed by atoms with Crippen LogP contribution in [0.1, 0.15) is 60.6 Å². The summed E-state index contributed by atoms with van der Waals surface area (Å²) in [7, 11) is 1.83. The Labute approximate surface area is 183 Å². The molecule has 0 aromatic carbocycles. The van der Waals surface area contributed by atoms with Crippen molar-refractivity contribution in [2.75, 3.05) is 19.8 Å². The first kappa shape index (κ1) is 22.2. The molecule has 3 rings (SSSR count). The van der Waals surface area contributed by atoms with Gasteiger partial charge in [0, 0.05) is 48.3 Å². The molecule has 0 spiro atoms. The van der Waals surface area contributed by atoms with Gasteiger partial charge in [-0.25, -0.2) is 0 Å². The summed E-state index contributed by atoms with van der Waals surface area (Å²) in [4.78, 5) is 7.16. The van der Waals surface area contributed by atoms with Gasteiger partial charge < -0.3 is 15.2 Å². The highest BCUT2D eigenvalue weighted by Crippen LogP contribution is 2.33. The summed E-state index contributed by atoms with van der Waals surface area (Å²) in [6.07, 6.45) is 10.2. The van der Waals surface area contributed by atoms with E-state index in [1.54, 1.807) is 11.8 Å². The van der Waals surface area contributed by atoms with Gasteiger partial charge in [-0.3, -0.25) is 4.99 Å². The van der Waals surface area contributed by atoms with Gasteiger partial charge in [0.15, 0.2) is 11.1 Å². The molecule has 1 fully saturated rings. The summed E-state index contributed by atoms with van der Waals surface area (Å²) in [5.74, 6) is 2.00. The topological polar surface area (TPSA) is 67.1 Å². The van der Waals surface area contributed by atoms with E-state index in [0.717, 1.165) is 42.7 Å². The molecule has 0 amide bonds. The van der Waals surface area contributed by atoms with Crippen LogP contribution in [0.15, 0.2) is 22.3 Å². The first-order valence-corrected chi connectivity index (χ1v) is 12.6. The third-order valence-electron chi connectivity index (χ3n) is 5.39. The van der Waals surface area contributed by atoms with Crippen LogP contribution in [0.25, 0.3) is 0 Å². The highest BCUT2D eigenvalue weighted by Gasteiger charge is 2.23. The first-order chi connectivity index (χ1) is 14.1. The molecule has 1 unspecified atom stereocenters. The maximum atomic E-state index is 4.49. The van der Waals surface area contributed by atoms with Gasteiger partial charge in [-0.2, -0.15) is 0 Å². The monoisotopic (exact) mass is 434 g/mol. The third kappa shape index (κ3) is 6.22. The van der Waals surface area contributed by atoms with Gasteiger partial charge in [0.2, 0.25) is 0 Å². The van der Waals surface area contributed by atoms with E-state index in [9.17, 15) is 0 Å². The van der Waals surface area contributed by atoms with Crippen molar-refractivity contribution in [1.82, 2.24) is 25.4 Å². The zero-order valence-corrected chi connectivity index (χ0v) is 19.7. The third-order valence-corrected chi connectivity index (χ3v) is 7.05. The van der Waals surface area contributed by atoms with Gasteiger partial charge >= 0.3 is 0 Å². The summed E-state index contributed by atoms with van der Waals surface area (Å²) in [5.41, 5.74) is 0. The van der Waals surface area contributed by atoms with Gasteiger partial charge in [0.1, 0.15) is 5.82 Å². The molecule has 0 aliphatic heterocycles. The van der Waals surface area contributed by atoms with Gasteiger partial charge in [0.05, 0.1) is 0 Å². The lowest BCUT2D eigenvalue weighted by Gasteiger charge is -2.18. The van der Waals surface area contributed by atoms with Crippen LogP contribution in [0.3, 0.4) is 0 Å². The molecule has 0 saturated heterocycles. The zero-order chi connectivity index (χ0) is 20.6. The van der Waals surface area contributed by atoms with E-state index in [0.29, 0.717) is 12.1 Å². The Kier molecular flexibility index (Phi) is 8.41. The summed E-state index contributed by atoms with van der Waals surface area (Å²) < 4.78 is 2.40. The van der Waals surface area contributed by atoms with Gasteiger partial charge in [-0.05, 0) is 51.5 Å². The van der Waals surface area contributed by atoms with Crippen LogP contribution in [0.5, 0.6) is 0 Å². The molecular weight excluding hydrogens is 400 g/mol. The van der Waals surface area contributed by atoms with Crippen LogP contribution in [0.4, 0.5) is 0 Å². The van der Waals surface area contributed by atoms with Gasteiger partial charge in [0.25, 0.3) is 0 Å². The molecule has 0 bridgehead atoms.